The monoisotopic (exact) mass is 329 g/mol. The van der Waals surface area contributed by atoms with E-state index in [1.807, 2.05) is 0 Å². The zero-order valence-corrected chi connectivity index (χ0v) is 11.9. The van der Waals surface area contributed by atoms with Gasteiger partial charge in [0.1, 0.15) is 0 Å². The van der Waals surface area contributed by atoms with Crippen LogP contribution in [0, 0.1) is 0 Å². The zero-order chi connectivity index (χ0) is 16.2. The summed E-state index contributed by atoms with van der Waals surface area (Å²) in [4.78, 5) is 4.06. The first kappa shape index (κ1) is 16.0. The largest absolute Gasteiger partial charge is 0.416 e. The van der Waals surface area contributed by atoms with Gasteiger partial charge in [-0.2, -0.15) is 23.3 Å². The molecule has 1 aromatic heterocycles. The molecule has 5 nitrogen and oxygen atoms in total. The number of alkyl halides is 3. The van der Waals surface area contributed by atoms with Crippen molar-refractivity contribution < 1.29 is 13.2 Å². The van der Waals surface area contributed by atoms with Crippen LogP contribution in [0.25, 0.3) is 0 Å². The summed E-state index contributed by atoms with van der Waals surface area (Å²) in [5.74, 6) is 0.427. The molecule has 22 heavy (non-hydrogen) atoms. The lowest BCUT2D eigenvalue weighted by Gasteiger charge is -2.12. The van der Waals surface area contributed by atoms with Crippen LogP contribution in [0.1, 0.15) is 5.56 Å². The predicted molar refractivity (Wildman–Crippen MR) is 78.3 cm³/mol. The van der Waals surface area contributed by atoms with E-state index in [0.717, 1.165) is 18.2 Å². The number of benzene rings is 1. The Labute approximate surface area is 129 Å². The van der Waals surface area contributed by atoms with Gasteiger partial charge in [-0.05, 0) is 18.2 Å². The molecule has 0 radical (unpaired) electrons. The van der Waals surface area contributed by atoms with E-state index in [1.54, 1.807) is 6.08 Å². The lowest BCUT2D eigenvalue weighted by atomic mass is 10.2. The van der Waals surface area contributed by atoms with Crippen LogP contribution in [0.4, 0.5) is 30.6 Å². The van der Waals surface area contributed by atoms with E-state index in [0.29, 0.717) is 6.54 Å². The molecule has 1 aromatic carbocycles. The Morgan fingerprint density at radius 3 is 2.77 bits per heavy atom. The van der Waals surface area contributed by atoms with Crippen LogP contribution in [-0.2, 0) is 6.18 Å². The topological polar surface area (TPSA) is 62.7 Å². The second-order valence-corrected chi connectivity index (χ2v) is 4.56. The molecule has 2 rings (SSSR count). The van der Waals surface area contributed by atoms with Crippen molar-refractivity contribution in [2.75, 3.05) is 17.2 Å². The second kappa shape index (κ2) is 6.61. The number of nitrogens with one attached hydrogen (secondary N) is 2. The summed E-state index contributed by atoms with van der Waals surface area (Å²) in [6.45, 7) is 3.96. The lowest BCUT2D eigenvalue weighted by Crippen LogP contribution is -2.07. The Kier molecular flexibility index (Phi) is 4.81. The van der Waals surface area contributed by atoms with Crippen LogP contribution < -0.4 is 10.6 Å². The van der Waals surface area contributed by atoms with Gasteiger partial charge in [0.15, 0.2) is 5.82 Å². The van der Waals surface area contributed by atoms with Gasteiger partial charge in [-0.3, -0.25) is 0 Å². The van der Waals surface area contributed by atoms with E-state index in [1.165, 1.54) is 6.20 Å². The summed E-state index contributed by atoms with van der Waals surface area (Å²) in [5, 5.41) is 13.1. The molecular formula is C13H11ClF3N5. The number of halogens is 4. The maximum absolute atomic E-state index is 12.7. The molecule has 0 aliphatic heterocycles. The summed E-state index contributed by atoms with van der Waals surface area (Å²) in [6.07, 6.45) is -1.58. The highest BCUT2D eigenvalue weighted by Crippen LogP contribution is 2.34. The minimum absolute atomic E-state index is 0.0756. The maximum atomic E-state index is 12.7. The van der Waals surface area contributed by atoms with Gasteiger partial charge in [0.05, 0.1) is 22.5 Å². The van der Waals surface area contributed by atoms with Gasteiger partial charge in [0.25, 0.3) is 0 Å². The van der Waals surface area contributed by atoms with Gasteiger partial charge < -0.3 is 10.6 Å². The van der Waals surface area contributed by atoms with Crippen molar-refractivity contribution >= 4 is 29.1 Å². The van der Waals surface area contributed by atoms with Crippen LogP contribution in [-0.4, -0.2) is 21.7 Å². The highest BCUT2D eigenvalue weighted by Gasteiger charge is 2.31. The average Bonchev–Trinajstić information content (AvgIpc) is 2.46. The Morgan fingerprint density at radius 2 is 2.09 bits per heavy atom. The molecule has 9 heteroatoms. The molecule has 0 atom stereocenters. The number of hydrogen-bond acceptors (Lipinski definition) is 5. The van der Waals surface area contributed by atoms with Crippen LogP contribution >= 0.6 is 11.6 Å². The predicted octanol–water partition coefficient (Wildman–Crippen LogP) is 3.89. The molecule has 0 fully saturated rings. The van der Waals surface area contributed by atoms with Crippen molar-refractivity contribution in [3.8, 4) is 0 Å². The first-order valence-electron chi connectivity index (χ1n) is 6.08. The molecule has 116 valence electrons. The fraction of sp³-hybridized carbons (Fsp3) is 0.154. The normalized spacial score (nSPS) is 11.1. The molecule has 0 amide bonds. The highest BCUT2D eigenvalue weighted by atomic mass is 35.5. The quantitative estimate of drug-likeness (QED) is 0.815. The smallest absolute Gasteiger partial charge is 0.349 e. The molecule has 0 aliphatic rings. The van der Waals surface area contributed by atoms with Gasteiger partial charge in [-0.25, -0.2) is 0 Å². The standard InChI is InChI=1S/C13H11ClF3N5/c1-2-5-18-12-21-11(7-19-22-12)20-10-6-8(13(15,16)17)3-4-9(10)14/h2-4,6-7H,1,5H2,(H2,18,20,21,22). The molecule has 0 saturated carbocycles. The Morgan fingerprint density at radius 1 is 1.32 bits per heavy atom. The van der Waals surface area contributed by atoms with Gasteiger partial charge in [0, 0.05) is 6.54 Å². The van der Waals surface area contributed by atoms with Crippen LogP contribution in [0.5, 0.6) is 0 Å². The molecular weight excluding hydrogens is 319 g/mol. The van der Waals surface area contributed by atoms with E-state index in [-0.39, 0.29) is 22.5 Å². The first-order valence-corrected chi connectivity index (χ1v) is 6.46. The van der Waals surface area contributed by atoms with E-state index < -0.39 is 11.7 Å². The summed E-state index contributed by atoms with van der Waals surface area (Å²) < 4.78 is 38.1. The minimum atomic E-state index is -4.46. The fourth-order valence-corrected chi connectivity index (χ4v) is 1.70. The number of anilines is 3. The third-order valence-electron chi connectivity index (χ3n) is 2.52. The van der Waals surface area contributed by atoms with E-state index in [2.05, 4.69) is 32.4 Å². The third-order valence-corrected chi connectivity index (χ3v) is 2.85. The van der Waals surface area contributed by atoms with Gasteiger partial charge in [0.2, 0.25) is 5.95 Å². The van der Waals surface area contributed by atoms with Crippen molar-refractivity contribution in [3.63, 3.8) is 0 Å². The summed E-state index contributed by atoms with van der Waals surface area (Å²) in [7, 11) is 0. The van der Waals surface area contributed by atoms with E-state index >= 15 is 0 Å². The average molecular weight is 330 g/mol. The number of rotatable bonds is 5. The zero-order valence-electron chi connectivity index (χ0n) is 11.2. The lowest BCUT2D eigenvalue weighted by molar-refractivity contribution is -0.137. The minimum Gasteiger partial charge on any atom is -0.349 e. The Balaban J connectivity index is 2.25. The van der Waals surface area contributed by atoms with Crippen molar-refractivity contribution in [2.45, 2.75) is 6.18 Å². The van der Waals surface area contributed by atoms with Gasteiger partial charge >= 0.3 is 6.18 Å². The fourth-order valence-electron chi connectivity index (χ4n) is 1.54. The third kappa shape index (κ3) is 4.08. The molecule has 2 aromatic rings. The van der Waals surface area contributed by atoms with Crippen molar-refractivity contribution in [2.24, 2.45) is 0 Å². The molecule has 0 bridgehead atoms. The van der Waals surface area contributed by atoms with E-state index in [9.17, 15) is 13.2 Å². The Hall–Kier alpha value is -2.35. The van der Waals surface area contributed by atoms with Gasteiger partial charge in [-0.15, -0.1) is 11.7 Å². The van der Waals surface area contributed by atoms with Crippen LogP contribution in [0.3, 0.4) is 0 Å². The summed E-state index contributed by atoms with van der Waals surface area (Å²) in [6, 6.07) is 2.97. The molecule has 0 spiro atoms. The number of hydrogen-bond donors (Lipinski definition) is 2. The number of nitrogens with zero attached hydrogens (tertiary/aromatic N) is 3. The number of aromatic nitrogens is 3. The van der Waals surface area contributed by atoms with Crippen molar-refractivity contribution in [1.82, 2.24) is 15.2 Å². The molecule has 1 heterocycles. The van der Waals surface area contributed by atoms with E-state index in [4.69, 9.17) is 11.6 Å². The van der Waals surface area contributed by atoms with Crippen LogP contribution in [0.2, 0.25) is 5.02 Å². The van der Waals surface area contributed by atoms with Crippen molar-refractivity contribution in [1.29, 1.82) is 0 Å². The molecule has 0 aliphatic carbocycles. The summed E-state index contributed by atoms with van der Waals surface area (Å²) >= 11 is 5.90. The van der Waals surface area contributed by atoms with Gasteiger partial charge in [-0.1, -0.05) is 17.7 Å². The second-order valence-electron chi connectivity index (χ2n) is 4.15. The molecule has 0 unspecified atom stereocenters. The maximum Gasteiger partial charge on any atom is 0.416 e. The SMILES string of the molecule is C=CCNc1nncc(Nc2cc(C(F)(F)F)ccc2Cl)n1. The van der Waals surface area contributed by atoms with Crippen molar-refractivity contribution in [3.05, 3.63) is 47.6 Å². The first-order chi connectivity index (χ1) is 10.4. The summed E-state index contributed by atoms with van der Waals surface area (Å²) in [5.41, 5.74) is -0.738. The molecule has 2 N–H and O–H groups in total. The highest BCUT2D eigenvalue weighted by molar-refractivity contribution is 6.33. The Bertz CT molecular complexity index is 675. The molecule has 0 saturated heterocycles. The van der Waals surface area contributed by atoms with Crippen LogP contribution in [0.15, 0.2) is 37.1 Å².